The Morgan fingerprint density at radius 1 is 0.458 bits per heavy atom. The summed E-state index contributed by atoms with van der Waals surface area (Å²) in [4.78, 5) is 85.1. The van der Waals surface area contributed by atoms with Gasteiger partial charge in [-0.05, 0) is 6.42 Å². The van der Waals surface area contributed by atoms with Gasteiger partial charge in [-0.25, -0.2) is 4.79 Å². The number of carboxylic acids is 5. The van der Waals surface area contributed by atoms with E-state index < -0.39 is 93.4 Å². The molecule has 0 aliphatic heterocycles. The first kappa shape index (κ1) is 55.2. The molecule has 0 aromatic carbocycles. The molecule has 342 valence electrons. The van der Waals surface area contributed by atoms with Gasteiger partial charge in [0.05, 0.1) is 79.0 Å². The number of ether oxygens (including phenoxy) is 5. The summed E-state index contributed by atoms with van der Waals surface area (Å²) in [6, 6.07) is -1.11. The largest absolute Gasteiger partial charge is 0.480 e. The fourth-order valence-corrected chi connectivity index (χ4v) is 5.97. The Hall–Kier alpha value is -3.79. The summed E-state index contributed by atoms with van der Waals surface area (Å²) in [6.07, 6.45) is 14.3. The second-order valence-electron chi connectivity index (χ2n) is 14.2. The summed E-state index contributed by atoms with van der Waals surface area (Å²) in [7, 11) is 0. The van der Waals surface area contributed by atoms with Crippen molar-refractivity contribution in [2.75, 3.05) is 112 Å². The molecule has 0 radical (unpaired) electrons. The number of unbranched alkanes of at least 4 members (excludes halogenated alkanes) is 11. The Morgan fingerprint density at radius 2 is 0.847 bits per heavy atom. The molecule has 0 fully saturated rings. The summed E-state index contributed by atoms with van der Waals surface area (Å²) in [6.45, 7) is -1.26. The summed E-state index contributed by atoms with van der Waals surface area (Å²) < 4.78 is 26.7. The summed E-state index contributed by atoms with van der Waals surface area (Å²) in [5.74, 6) is -7.70. The van der Waals surface area contributed by atoms with Gasteiger partial charge in [-0.2, -0.15) is 0 Å². The maximum Gasteiger partial charge on any atom is 0.332 e. The number of carbonyl (C=O) groups excluding carboxylic acids is 2. The zero-order valence-corrected chi connectivity index (χ0v) is 34.8. The molecule has 0 heterocycles. The Labute approximate surface area is 347 Å². The van der Waals surface area contributed by atoms with Gasteiger partial charge in [0.25, 0.3) is 0 Å². The van der Waals surface area contributed by atoms with Crippen LogP contribution in [0.4, 0.5) is 0 Å². The highest BCUT2D eigenvalue weighted by Gasteiger charge is 2.29. The summed E-state index contributed by atoms with van der Waals surface area (Å²) in [5, 5.41) is 46.5. The van der Waals surface area contributed by atoms with Gasteiger partial charge in [0.15, 0.2) is 5.78 Å². The lowest BCUT2D eigenvalue weighted by molar-refractivity contribution is -0.150. The van der Waals surface area contributed by atoms with Gasteiger partial charge in [-0.15, -0.1) is 0 Å². The Bertz CT molecular complexity index is 1160. The number of carboxylic acid groups (broad SMARTS) is 5. The van der Waals surface area contributed by atoms with Crippen molar-refractivity contribution >= 4 is 41.6 Å². The Balaban J connectivity index is 4.43. The van der Waals surface area contributed by atoms with Gasteiger partial charge < -0.3 is 49.2 Å². The molecule has 20 nitrogen and oxygen atoms in total. The van der Waals surface area contributed by atoms with E-state index in [0.29, 0.717) is 6.61 Å². The predicted molar refractivity (Wildman–Crippen MR) is 211 cm³/mol. The maximum absolute atomic E-state index is 12.9. The van der Waals surface area contributed by atoms with E-state index in [-0.39, 0.29) is 65.9 Å². The molecule has 0 saturated carbocycles. The Kier molecular flexibility index (Phi) is 34.8. The molecule has 0 aliphatic rings. The number of Topliss-reactive ketones (excluding diaryl/α,β-unsaturated/α-hetero) is 1. The van der Waals surface area contributed by atoms with E-state index in [4.69, 9.17) is 33.9 Å². The zero-order valence-electron chi connectivity index (χ0n) is 34.8. The van der Waals surface area contributed by atoms with Crippen molar-refractivity contribution in [1.29, 1.82) is 0 Å². The minimum absolute atomic E-state index is 0.00295. The highest BCUT2D eigenvalue weighted by Crippen LogP contribution is 2.13. The van der Waals surface area contributed by atoms with Crippen molar-refractivity contribution in [2.24, 2.45) is 0 Å². The average Bonchev–Trinajstić information content (AvgIpc) is 3.14. The van der Waals surface area contributed by atoms with Crippen molar-refractivity contribution in [3.05, 3.63) is 0 Å². The van der Waals surface area contributed by atoms with E-state index in [1.165, 1.54) is 62.7 Å². The van der Waals surface area contributed by atoms with Crippen LogP contribution in [0.15, 0.2) is 0 Å². The van der Waals surface area contributed by atoms with E-state index in [9.17, 15) is 48.9 Å². The van der Waals surface area contributed by atoms with Crippen molar-refractivity contribution in [3.63, 3.8) is 0 Å². The van der Waals surface area contributed by atoms with Crippen LogP contribution in [0.25, 0.3) is 0 Å². The first-order valence-corrected chi connectivity index (χ1v) is 20.5. The summed E-state index contributed by atoms with van der Waals surface area (Å²) in [5.41, 5.74) is 0. The lowest BCUT2D eigenvalue weighted by Crippen LogP contribution is -2.51. The second kappa shape index (κ2) is 37.2. The monoisotopic (exact) mass is 851 g/mol. The van der Waals surface area contributed by atoms with E-state index in [2.05, 4.69) is 6.92 Å². The minimum atomic E-state index is -1.40. The van der Waals surface area contributed by atoms with E-state index in [0.717, 1.165) is 29.1 Å². The molecule has 59 heavy (non-hydrogen) atoms. The molecule has 5 N–H and O–H groups in total. The second-order valence-corrected chi connectivity index (χ2v) is 14.2. The molecule has 0 bridgehead atoms. The standard InChI is InChI=1S/C39H69N3O17/c1-2-3-4-5-6-7-8-9-10-11-12-13-16-59-39(54)31-58-22-20-56-18-17-55-19-21-57-30-33(43)23-32(42(28-37(50)51)29-38(52)53)24-40(25-34(44)45)14-15-41(26-35(46)47)27-36(48)49/h32H,2-31H2,1H3,(H,44,45)(H,46,47)(H,48,49)(H,50,51)(H,52,53). The normalized spacial score (nSPS) is 11.9. The minimum Gasteiger partial charge on any atom is -0.480 e. The van der Waals surface area contributed by atoms with Crippen molar-refractivity contribution < 1.29 is 82.8 Å². The van der Waals surface area contributed by atoms with E-state index in [1.807, 2.05) is 0 Å². The van der Waals surface area contributed by atoms with Crippen LogP contribution in [0, 0.1) is 0 Å². The third-order valence-electron chi connectivity index (χ3n) is 8.79. The molecular weight excluding hydrogens is 782 g/mol. The molecule has 0 spiro atoms. The molecule has 1 unspecified atom stereocenters. The molecule has 0 saturated heterocycles. The van der Waals surface area contributed by atoms with E-state index >= 15 is 0 Å². The number of carbonyl (C=O) groups is 7. The number of ketones is 1. The average molecular weight is 852 g/mol. The van der Waals surface area contributed by atoms with Crippen molar-refractivity contribution in [1.82, 2.24) is 14.7 Å². The fourth-order valence-electron chi connectivity index (χ4n) is 5.97. The lowest BCUT2D eigenvalue weighted by atomic mass is 10.1. The van der Waals surface area contributed by atoms with Crippen LogP contribution in [0.1, 0.15) is 90.4 Å². The lowest BCUT2D eigenvalue weighted by Gasteiger charge is -2.34. The van der Waals surface area contributed by atoms with Gasteiger partial charge in [0.1, 0.15) is 13.2 Å². The Morgan fingerprint density at radius 3 is 1.31 bits per heavy atom. The van der Waals surface area contributed by atoms with Crippen LogP contribution in [-0.2, 0) is 57.2 Å². The number of esters is 1. The van der Waals surface area contributed by atoms with Crippen LogP contribution in [-0.4, -0.2) is 200 Å². The number of hydrogen-bond acceptors (Lipinski definition) is 15. The molecule has 1 atom stereocenters. The van der Waals surface area contributed by atoms with Gasteiger partial charge in [-0.3, -0.25) is 43.5 Å². The van der Waals surface area contributed by atoms with Crippen LogP contribution >= 0.6 is 0 Å². The first-order valence-electron chi connectivity index (χ1n) is 20.5. The van der Waals surface area contributed by atoms with Crippen molar-refractivity contribution in [3.8, 4) is 0 Å². The third kappa shape index (κ3) is 37.0. The molecule has 0 aromatic heterocycles. The van der Waals surface area contributed by atoms with Gasteiger partial charge in [0.2, 0.25) is 0 Å². The molecule has 0 rings (SSSR count). The molecule has 0 amide bonds. The van der Waals surface area contributed by atoms with Gasteiger partial charge >= 0.3 is 35.8 Å². The molecule has 20 heteroatoms. The fraction of sp³-hybridized carbons (Fsp3) is 0.821. The SMILES string of the molecule is CCCCCCCCCCCCCCOC(=O)COCCOCCOCCOCC(=O)CC(CN(CCN(CC(=O)O)CC(=O)O)CC(=O)O)N(CC(=O)O)CC(=O)O. The quantitative estimate of drug-likeness (QED) is 0.0433. The highest BCUT2D eigenvalue weighted by molar-refractivity contribution is 5.80. The van der Waals surface area contributed by atoms with Crippen molar-refractivity contribution in [2.45, 2.75) is 96.4 Å². The number of rotatable bonds is 44. The maximum atomic E-state index is 12.9. The summed E-state index contributed by atoms with van der Waals surface area (Å²) >= 11 is 0. The van der Waals surface area contributed by atoms with Crippen LogP contribution in [0.3, 0.4) is 0 Å². The van der Waals surface area contributed by atoms with Crippen LogP contribution in [0.5, 0.6) is 0 Å². The smallest absolute Gasteiger partial charge is 0.332 e. The molecule has 0 aliphatic carbocycles. The zero-order chi connectivity index (χ0) is 44.1. The molecular formula is C39H69N3O17. The number of nitrogens with zero attached hydrogens (tertiary/aromatic N) is 3. The third-order valence-corrected chi connectivity index (χ3v) is 8.79. The predicted octanol–water partition coefficient (Wildman–Crippen LogP) is 1.95. The number of aliphatic carboxylic acids is 5. The van der Waals surface area contributed by atoms with E-state index in [1.54, 1.807) is 0 Å². The topological polar surface area (TPSA) is 277 Å². The van der Waals surface area contributed by atoms with Gasteiger partial charge in [-0.1, -0.05) is 77.6 Å². The molecule has 0 aromatic rings. The van der Waals surface area contributed by atoms with Gasteiger partial charge in [0, 0.05) is 32.1 Å². The highest BCUT2D eigenvalue weighted by atomic mass is 16.6. The number of hydrogen-bond donors (Lipinski definition) is 5. The van der Waals surface area contributed by atoms with Crippen LogP contribution in [0.2, 0.25) is 0 Å². The van der Waals surface area contributed by atoms with Crippen LogP contribution < -0.4 is 0 Å². The first-order chi connectivity index (χ1) is 28.2.